The Balaban J connectivity index is 1.93. The van der Waals surface area contributed by atoms with Gasteiger partial charge in [-0.2, -0.15) is 0 Å². The second-order valence-electron chi connectivity index (χ2n) is 3.58. The number of hydrogen-bond donors (Lipinski definition) is 1. The zero-order valence-corrected chi connectivity index (χ0v) is 9.58. The van der Waals surface area contributed by atoms with Crippen LogP contribution in [0.25, 0.3) is 0 Å². The van der Waals surface area contributed by atoms with Gasteiger partial charge in [0.05, 0.1) is 18.8 Å². The molecule has 4 heteroatoms. The molecule has 86 valence electrons. The number of ether oxygens (including phenoxy) is 1. The molecule has 0 aliphatic rings. The number of nitrogens with zero attached hydrogens (tertiary/aromatic N) is 1. The third kappa shape index (κ3) is 5.54. The van der Waals surface area contributed by atoms with Crippen molar-refractivity contribution < 1.29 is 9.26 Å². The quantitative estimate of drug-likeness (QED) is 0.668. The van der Waals surface area contributed by atoms with Gasteiger partial charge in [0.25, 0.3) is 0 Å². The maximum Gasteiger partial charge on any atom is 0.150 e. The van der Waals surface area contributed by atoms with Crippen molar-refractivity contribution in [3.05, 3.63) is 17.5 Å². The predicted molar refractivity (Wildman–Crippen MR) is 58.7 cm³/mol. The Morgan fingerprint density at radius 1 is 1.47 bits per heavy atom. The number of rotatable bonds is 8. The summed E-state index contributed by atoms with van der Waals surface area (Å²) in [5, 5.41) is 7.04. The highest BCUT2D eigenvalue weighted by Crippen LogP contribution is 2.00. The molecule has 0 amide bonds. The largest absolute Gasteiger partial charge is 0.380 e. The molecule has 1 N–H and O–H groups in total. The van der Waals surface area contributed by atoms with Crippen LogP contribution in [0.15, 0.2) is 10.6 Å². The topological polar surface area (TPSA) is 47.3 Å². The van der Waals surface area contributed by atoms with Gasteiger partial charge >= 0.3 is 0 Å². The fourth-order valence-corrected chi connectivity index (χ4v) is 1.20. The summed E-state index contributed by atoms with van der Waals surface area (Å²) in [4.78, 5) is 0. The van der Waals surface area contributed by atoms with Gasteiger partial charge in [-0.1, -0.05) is 18.5 Å². The summed E-state index contributed by atoms with van der Waals surface area (Å²) >= 11 is 0. The Morgan fingerprint density at radius 2 is 2.33 bits per heavy atom. The van der Waals surface area contributed by atoms with E-state index in [1.54, 1.807) is 0 Å². The summed E-state index contributed by atoms with van der Waals surface area (Å²) < 4.78 is 10.5. The highest BCUT2D eigenvalue weighted by atomic mass is 16.5. The molecule has 1 aromatic rings. The summed E-state index contributed by atoms with van der Waals surface area (Å²) in [7, 11) is 0. The van der Waals surface area contributed by atoms with E-state index in [9.17, 15) is 0 Å². The smallest absolute Gasteiger partial charge is 0.150 e. The molecule has 0 saturated heterocycles. The van der Waals surface area contributed by atoms with Crippen LogP contribution in [0.1, 0.15) is 31.2 Å². The molecule has 1 aromatic heterocycles. The van der Waals surface area contributed by atoms with Crippen LogP contribution in [-0.2, 0) is 11.3 Å². The first-order valence-corrected chi connectivity index (χ1v) is 5.53. The van der Waals surface area contributed by atoms with Gasteiger partial charge in [-0.3, -0.25) is 0 Å². The Bertz CT molecular complexity index is 261. The lowest BCUT2D eigenvalue weighted by atomic mass is 10.4. The van der Waals surface area contributed by atoms with E-state index in [0.29, 0.717) is 0 Å². The molecule has 0 spiro atoms. The van der Waals surface area contributed by atoms with E-state index >= 15 is 0 Å². The Morgan fingerprint density at radius 3 is 3.00 bits per heavy atom. The summed E-state index contributed by atoms with van der Waals surface area (Å²) in [5.41, 5.74) is 0.922. The summed E-state index contributed by atoms with van der Waals surface area (Å²) in [5.74, 6) is 0.876. The summed E-state index contributed by atoms with van der Waals surface area (Å²) in [6, 6.07) is 1.94. The summed E-state index contributed by atoms with van der Waals surface area (Å²) in [6.45, 7) is 7.27. The minimum Gasteiger partial charge on any atom is -0.380 e. The molecule has 0 atom stereocenters. The molecule has 0 aliphatic heterocycles. The van der Waals surface area contributed by atoms with Gasteiger partial charge in [-0.15, -0.1) is 0 Å². The van der Waals surface area contributed by atoms with Crippen molar-refractivity contribution >= 4 is 0 Å². The maximum absolute atomic E-state index is 5.41. The van der Waals surface area contributed by atoms with Crippen molar-refractivity contribution in [1.29, 1.82) is 0 Å². The molecule has 0 bridgehead atoms. The van der Waals surface area contributed by atoms with Gasteiger partial charge < -0.3 is 14.6 Å². The lowest BCUT2D eigenvalue weighted by Crippen LogP contribution is -2.19. The van der Waals surface area contributed by atoms with E-state index in [2.05, 4.69) is 17.4 Å². The predicted octanol–water partition coefficient (Wildman–Crippen LogP) is 1.89. The van der Waals surface area contributed by atoms with E-state index < -0.39 is 0 Å². The van der Waals surface area contributed by atoms with E-state index in [4.69, 9.17) is 9.26 Å². The number of nitrogens with one attached hydrogen (secondary N) is 1. The third-order valence-electron chi connectivity index (χ3n) is 2.04. The first-order chi connectivity index (χ1) is 7.33. The minimum absolute atomic E-state index is 0.720. The first-order valence-electron chi connectivity index (χ1n) is 5.53. The van der Waals surface area contributed by atoms with Gasteiger partial charge in [-0.05, 0) is 13.3 Å². The van der Waals surface area contributed by atoms with Crippen LogP contribution in [0.3, 0.4) is 0 Å². The third-order valence-corrected chi connectivity index (χ3v) is 2.04. The first kappa shape index (κ1) is 12.2. The van der Waals surface area contributed by atoms with Crippen LogP contribution in [0.4, 0.5) is 0 Å². The van der Waals surface area contributed by atoms with Crippen molar-refractivity contribution in [1.82, 2.24) is 10.5 Å². The van der Waals surface area contributed by atoms with E-state index in [0.717, 1.165) is 44.2 Å². The van der Waals surface area contributed by atoms with Crippen molar-refractivity contribution in [3.8, 4) is 0 Å². The number of aryl methyl sites for hydroxylation is 1. The van der Waals surface area contributed by atoms with Crippen LogP contribution < -0.4 is 5.32 Å². The van der Waals surface area contributed by atoms with Gasteiger partial charge in [0.1, 0.15) is 0 Å². The normalized spacial score (nSPS) is 10.8. The van der Waals surface area contributed by atoms with Crippen LogP contribution >= 0.6 is 0 Å². The number of hydrogen-bond acceptors (Lipinski definition) is 4. The average Bonchev–Trinajstić information content (AvgIpc) is 2.63. The molecule has 0 aliphatic carbocycles. The molecule has 0 unspecified atom stereocenters. The van der Waals surface area contributed by atoms with Gasteiger partial charge in [0.15, 0.2) is 5.76 Å². The second-order valence-corrected chi connectivity index (χ2v) is 3.58. The lowest BCUT2D eigenvalue weighted by molar-refractivity contribution is 0.132. The molecular formula is C11H20N2O2. The van der Waals surface area contributed by atoms with Crippen LogP contribution in [-0.4, -0.2) is 24.9 Å². The van der Waals surface area contributed by atoms with Crippen molar-refractivity contribution in [2.24, 2.45) is 0 Å². The molecule has 1 rings (SSSR count). The fourth-order valence-electron chi connectivity index (χ4n) is 1.20. The standard InChI is InChI=1S/C11H20N2O2/c1-3-4-6-14-7-5-12-9-11-8-10(2)13-15-11/h8,12H,3-7,9H2,1-2H3. The number of aromatic nitrogens is 1. The number of unbranched alkanes of at least 4 members (excludes halogenated alkanes) is 1. The molecule has 0 saturated carbocycles. The molecule has 0 radical (unpaired) electrons. The van der Waals surface area contributed by atoms with Crippen molar-refractivity contribution in [2.45, 2.75) is 33.2 Å². The molecular weight excluding hydrogens is 192 g/mol. The molecule has 1 heterocycles. The zero-order valence-electron chi connectivity index (χ0n) is 9.58. The monoisotopic (exact) mass is 212 g/mol. The Labute approximate surface area is 91.0 Å². The lowest BCUT2D eigenvalue weighted by Gasteiger charge is -2.03. The van der Waals surface area contributed by atoms with Crippen molar-refractivity contribution in [3.63, 3.8) is 0 Å². The SMILES string of the molecule is CCCCOCCNCc1cc(C)no1. The molecule has 0 aromatic carbocycles. The Kier molecular flexibility index (Phi) is 6.04. The second kappa shape index (κ2) is 7.43. The fraction of sp³-hybridized carbons (Fsp3) is 0.727. The van der Waals surface area contributed by atoms with Crippen LogP contribution in [0.2, 0.25) is 0 Å². The highest BCUT2D eigenvalue weighted by Gasteiger charge is 1.98. The van der Waals surface area contributed by atoms with Gasteiger partial charge in [0, 0.05) is 19.2 Å². The maximum atomic E-state index is 5.41. The minimum atomic E-state index is 0.720. The zero-order chi connectivity index (χ0) is 10.9. The summed E-state index contributed by atoms with van der Waals surface area (Å²) in [6.07, 6.45) is 2.33. The highest BCUT2D eigenvalue weighted by molar-refractivity contribution is 5.02. The van der Waals surface area contributed by atoms with Gasteiger partial charge in [-0.25, -0.2) is 0 Å². The molecule has 15 heavy (non-hydrogen) atoms. The van der Waals surface area contributed by atoms with E-state index in [1.165, 1.54) is 6.42 Å². The van der Waals surface area contributed by atoms with Crippen LogP contribution in [0.5, 0.6) is 0 Å². The van der Waals surface area contributed by atoms with Crippen LogP contribution in [0, 0.1) is 6.92 Å². The Hall–Kier alpha value is -0.870. The van der Waals surface area contributed by atoms with Crippen molar-refractivity contribution in [2.75, 3.05) is 19.8 Å². The molecule has 4 nitrogen and oxygen atoms in total. The molecule has 0 fully saturated rings. The van der Waals surface area contributed by atoms with E-state index in [1.807, 2.05) is 13.0 Å². The van der Waals surface area contributed by atoms with E-state index in [-0.39, 0.29) is 0 Å². The van der Waals surface area contributed by atoms with Gasteiger partial charge in [0.2, 0.25) is 0 Å². The average molecular weight is 212 g/mol.